The number of amides is 4. The number of phenols is 1. The van der Waals surface area contributed by atoms with Crippen molar-refractivity contribution in [1.82, 2.24) is 9.80 Å². The lowest BCUT2D eigenvalue weighted by Crippen LogP contribution is -2.43. The summed E-state index contributed by atoms with van der Waals surface area (Å²) in [5.74, 6) is -3.53. The van der Waals surface area contributed by atoms with Crippen LogP contribution in [-0.4, -0.2) is 51.6 Å². The Morgan fingerprint density at radius 2 is 1.50 bits per heavy atom. The van der Waals surface area contributed by atoms with Gasteiger partial charge in [0, 0.05) is 24.0 Å². The fraction of sp³-hybridized carbons (Fsp3) is 0.538. The summed E-state index contributed by atoms with van der Waals surface area (Å²) in [5.41, 5.74) is 1.60. The van der Waals surface area contributed by atoms with Crippen LogP contribution < -0.4 is 0 Å². The molecule has 5 rings (SSSR count). The number of hydrogen-bond acceptors (Lipinski definition) is 5. The lowest BCUT2D eigenvalue weighted by molar-refractivity contribution is -0.142. The third-order valence-corrected chi connectivity index (χ3v) is 8.37. The third-order valence-electron chi connectivity index (χ3n) is 8.04. The van der Waals surface area contributed by atoms with Crippen molar-refractivity contribution in [3.63, 3.8) is 0 Å². The van der Waals surface area contributed by atoms with Crippen molar-refractivity contribution in [1.29, 1.82) is 0 Å². The zero-order chi connectivity index (χ0) is 24.3. The molecule has 0 bridgehead atoms. The molecule has 180 valence electrons. The standard InChI is InChI=1S/C26H29ClN2O5/c1-3-9-28-23(31)16-8-7-14-17(21(16)25(28)33)12-18-22(26(34)29(10-4-2)24(18)32)20(14)15-6-5-13(30)11-19(15)27/h5-7,11,16-18,20-22,30H,3-4,8-10,12H2,1-2H3. The number of nitrogens with zero attached hydrogens (tertiary/aromatic N) is 2. The van der Waals surface area contributed by atoms with Crippen molar-refractivity contribution in [2.24, 2.45) is 29.6 Å². The highest BCUT2D eigenvalue weighted by atomic mass is 35.5. The first-order valence-electron chi connectivity index (χ1n) is 12.2. The number of allylic oxidation sites excluding steroid dienone is 2. The minimum absolute atomic E-state index is 0.0172. The molecular formula is C26H29ClN2O5. The number of phenolic OH excluding ortho intramolecular Hbond substituents is 1. The van der Waals surface area contributed by atoms with E-state index < -0.39 is 29.6 Å². The van der Waals surface area contributed by atoms with Crippen LogP contribution in [0.3, 0.4) is 0 Å². The van der Waals surface area contributed by atoms with Crippen molar-refractivity contribution in [2.45, 2.75) is 45.4 Å². The number of fused-ring (bicyclic) bond motifs is 4. The largest absolute Gasteiger partial charge is 0.508 e. The Morgan fingerprint density at radius 1 is 0.882 bits per heavy atom. The van der Waals surface area contributed by atoms with Crippen LogP contribution in [0.4, 0.5) is 0 Å². The quantitative estimate of drug-likeness (QED) is 0.510. The average molecular weight is 485 g/mol. The summed E-state index contributed by atoms with van der Waals surface area (Å²) in [4.78, 5) is 56.1. The van der Waals surface area contributed by atoms with Gasteiger partial charge in [-0.2, -0.15) is 0 Å². The maximum Gasteiger partial charge on any atom is 0.234 e. The van der Waals surface area contributed by atoms with Crippen molar-refractivity contribution < 1.29 is 24.3 Å². The fourth-order valence-electron chi connectivity index (χ4n) is 6.72. The van der Waals surface area contributed by atoms with Crippen LogP contribution in [0, 0.1) is 29.6 Å². The van der Waals surface area contributed by atoms with Crippen LogP contribution in [-0.2, 0) is 19.2 Å². The van der Waals surface area contributed by atoms with Crippen LogP contribution in [0.1, 0.15) is 51.0 Å². The predicted molar refractivity (Wildman–Crippen MR) is 125 cm³/mol. The molecule has 1 N–H and O–H groups in total. The number of halogens is 1. The number of imide groups is 2. The van der Waals surface area contributed by atoms with Crippen molar-refractivity contribution in [3.05, 3.63) is 40.4 Å². The van der Waals surface area contributed by atoms with E-state index in [0.717, 1.165) is 5.57 Å². The molecule has 2 aliphatic heterocycles. The molecule has 2 saturated heterocycles. The fourth-order valence-corrected chi connectivity index (χ4v) is 7.02. The van der Waals surface area contributed by atoms with Gasteiger partial charge in [0.1, 0.15) is 5.75 Å². The molecular weight excluding hydrogens is 456 g/mol. The van der Waals surface area contributed by atoms with E-state index >= 15 is 0 Å². The van der Waals surface area contributed by atoms with E-state index in [9.17, 15) is 24.3 Å². The number of carbonyl (C=O) groups excluding carboxylic acids is 4. The molecule has 0 radical (unpaired) electrons. The molecule has 1 aromatic carbocycles. The van der Waals surface area contributed by atoms with Crippen LogP contribution in [0.25, 0.3) is 0 Å². The Hall–Kier alpha value is -2.67. The van der Waals surface area contributed by atoms with E-state index in [1.54, 1.807) is 6.07 Å². The Balaban J connectivity index is 1.63. The zero-order valence-corrected chi connectivity index (χ0v) is 20.1. The number of benzene rings is 1. The molecule has 34 heavy (non-hydrogen) atoms. The van der Waals surface area contributed by atoms with Gasteiger partial charge in [-0.1, -0.05) is 43.2 Å². The molecule has 6 unspecified atom stereocenters. The number of aromatic hydroxyl groups is 1. The second-order valence-corrected chi connectivity index (χ2v) is 10.3. The molecule has 8 heteroatoms. The average Bonchev–Trinajstić information content (AvgIpc) is 3.19. The predicted octanol–water partition coefficient (Wildman–Crippen LogP) is 3.50. The highest BCUT2D eigenvalue weighted by Gasteiger charge is 2.61. The molecule has 2 aliphatic carbocycles. The van der Waals surface area contributed by atoms with Gasteiger partial charge in [0.2, 0.25) is 23.6 Å². The van der Waals surface area contributed by atoms with Gasteiger partial charge >= 0.3 is 0 Å². The molecule has 4 amide bonds. The summed E-state index contributed by atoms with van der Waals surface area (Å²) in [7, 11) is 0. The van der Waals surface area contributed by atoms with Gasteiger partial charge in [0.05, 0.1) is 23.7 Å². The number of rotatable bonds is 5. The zero-order valence-electron chi connectivity index (χ0n) is 19.4. The summed E-state index contributed by atoms with van der Waals surface area (Å²) < 4.78 is 0. The molecule has 2 heterocycles. The summed E-state index contributed by atoms with van der Waals surface area (Å²) in [6.45, 7) is 4.62. The number of hydrogen-bond donors (Lipinski definition) is 1. The minimum atomic E-state index is -0.598. The highest BCUT2D eigenvalue weighted by Crippen LogP contribution is 2.58. The van der Waals surface area contributed by atoms with E-state index in [2.05, 4.69) is 0 Å². The maximum atomic E-state index is 13.5. The monoisotopic (exact) mass is 484 g/mol. The van der Waals surface area contributed by atoms with Crippen molar-refractivity contribution in [3.8, 4) is 5.75 Å². The van der Waals surface area contributed by atoms with Crippen LogP contribution in [0.2, 0.25) is 5.02 Å². The van der Waals surface area contributed by atoms with Gasteiger partial charge < -0.3 is 5.11 Å². The van der Waals surface area contributed by atoms with Crippen LogP contribution in [0.15, 0.2) is 29.8 Å². The molecule has 1 saturated carbocycles. The summed E-state index contributed by atoms with van der Waals surface area (Å²) in [6, 6.07) is 4.68. The normalized spacial score (nSPS) is 32.6. The lowest BCUT2D eigenvalue weighted by atomic mass is 9.57. The summed E-state index contributed by atoms with van der Waals surface area (Å²) in [5, 5.41) is 10.2. The highest BCUT2D eigenvalue weighted by molar-refractivity contribution is 6.31. The van der Waals surface area contributed by atoms with Gasteiger partial charge in [0.15, 0.2) is 0 Å². The number of likely N-dealkylation sites (tertiary alicyclic amines) is 2. The van der Waals surface area contributed by atoms with E-state index in [1.165, 1.54) is 21.9 Å². The first-order valence-corrected chi connectivity index (χ1v) is 12.6. The van der Waals surface area contributed by atoms with Gasteiger partial charge in [-0.3, -0.25) is 29.0 Å². The Bertz CT molecular complexity index is 1110. The molecule has 6 atom stereocenters. The molecule has 0 aromatic heterocycles. The second-order valence-electron chi connectivity index (χ2n) is 9.89. The SMILES string of the molecule is CCCN1C(=O)C2CC=C3C(CC4C(=O)N(CCC)C(=O)C4C3c3ccc(O)cc3Cl)C2C1=O. The van der Waals surface area contributed by atoms with E-state index in [-0.39, 0.29) is 35.3 Å². The summed E-state index contributed by atoms with van der Waals surface area (Å²) >= 11 is 6.57. The molecule has 4 aliphatic rings. The third kappa shape index (κ3) is 3.23. The van der Waals surface area contributed by atoms with Gasteiger partial charge in [-0.25, -0.2) is 0 Å². The van der Waals surface area contributed by atoms with Gasteiger partial charge in [0.25, 0.3) is 0 Å². The smallest absolute Gasteiger partial charge is 0.234 e. The molecule has 3 fully saturated rings. The van der Waals surface area contributed by atoms with Crippen molar-refractivity contribution in [2.75, 3.05) is 13.1 Å². The molecule has 7 nitrogen and oxygen atoms in total. The van der Waals surface area contributed by atoms with Gasteiger partial charge in [-0.15, -0.1) is 0 Å². The molecule has 0 spiro atoms. The Labute approximate surface area is 203 Å². The van der Waals surface area contributed by atoms with Gasteiger partial charge in [-0.05, 0) is 49.3 Å². The van der Waals surface area contributed by atoms with E-state index in [0.29, 0.717) is 49.4 Å². The summed E-state index contributed by atoms with van der Waals surface area (Å²) in [6.07, 6.45) is 4.19. The van der Waals surface area contributed by atoms with Crippen LogP contribution >= 0.6 is 11.6 Å². The maximum absolute atomic E-state index is 13.5. The second kappa shape index (κ2) is 8.52. The first kappa shape index (κ1) is 23.1. The van der Waals surface area contributed by atoms with E-state index in [1.807, 2.05) is 19.9 Å². The Kier molecular flexibility index (Phi) is 5.79. The first-order chi connectivity index (χ1) is 16.3. The topological polar surface area (TPSA) is 95.0 Å². The van der Waals surface area contributed by atoms with Crippen molar-refractivity contribution >= 4 is 35.2 Å². The van der Waals surface area contributed by atoms with Crippen LogP contribution in [0.5, 0.6) is 5.75 Å². The Morgan fingerprint density at radius 3 is 2.12 bits per heavy atom. The lowest BCUT2D eigenvalue weighted by Gasteiger charge is -2.44. The molecule has 1 aromatic rings. The number of carbonyl (C=O) groups is 4. The minimum Gasteiger partial charge on any atom is -0.508 e. The van der Waals surface area contributed by atoms with E-state index in [4.69, 9.17) is 11.6 Å².